The number of imide groups is 2. The summed E-state index contributed by atoms with van der Waals surface area (Å²) in [6.07, 6.45) is -0.252. The number of piperidine rings is 1. The van der Waals surface area contributed by atoms with E-state index >= 15 is 0 Å². The van der Waals surface area contributed by atoms with E-state index in [0.717, 1.165) is 4.90 Å². The fraction of sp³-hybridized carbons (Fsp3) is 0.412. The Balaban J connectivity index is 1.70. The van der Waals surface area contributed by atoms with E-state index in [4.69, 9.17) is 0 Å². The van der Waals surface area contributed by atoms with Crippen molar-refractivity contribution in [1.29, 1.82) is 0 Å². The number of rotatable bonds is 2. The van der Waals surface area contributed by atoms with Crippen LogP contribution in [0.5, 0.6) is 0 Å². The number of amides is 4. The normalized spacial score (nSPS) is 24.9. The van der Waals surface area contributed by atoms with Crippen LogP contribution >= 0.6 is 0 Å². The van der Waals surface area contributed by atoms with Crippen molar-refractivity contribution in [3.63, 3.8) is 0 Å². The lowest BCUT2D eigenvalue weighted by atomic mass is 10.0. The average Bonchev–Trinajstić information content (AvgIpc) is 3.06. The van der Waals surface area contributed by atoms with Gasteiger partial charge in [-0.3, -0.25) is 29.4 Å². The van der Waals surface area contributed by atoms with Crippen LogP contribution in [0.15, 0.2) is 18.2 Å². The summed E-state index contributed by atoms with van der Waals surface area (Å²) in [5.74, 6) is -5.34. The lowest BCUT2D eigenvalue weighted by molar-refractivity contribution is -0.136. The fourth-order valence-corrected chi connectivity index (χ4v) is 3.70. The standard InChI is InChI=1S/C17H15F2N3O4/c18-17(19)6-7-21(8-17)10-3-1-2-9-13(10)16(26)22(15(9)25)11-4-5-12(23)20-14(11)24/h1-3,11H,4-8H2,(H,20,23,24). The lowest BCUT2D eigenvalue weighted by Gasteiger charge is -2.28. The maximum Gasteiger partial charge on any atom is 0.266 e. The van der Waals surface area contributed by atoms with E-state index < -0.39 is 42.1 Å². The average molecular weight is 363 g/mol. The monoisotopic (exact) mass is 363 g/mol. The number of fused-ring (bicyclic) bond motifs is 1. The first-order valence-corrected chi connectivity index (χ1v) is 8.26. The lowest BCUT2D eigenvalue weighted by Crippen LogP contribution is -2.54. The zero-order valence-corrected chi connectivity index (χ0v) is 13.6. The van der Waals surface area contributed by atoms with Crippen molar-refractivity contribution in [2.24, 2.45) is 0 Å². The van der Waals surface area contributed by atoms with Gasteiger partial charge in [0.15, 0.2) is 0 Å². The molecule has 0 saturated carbocycles. The summed E-state index contributed by atoms with van der Waals surface area (Å²) in [5.41, 5.74) is 0.403. The zero-order valence-electron chi connectivity index (χ0n) is 13.6. The van der Waals surface area contributed by atoms with Crippen LogP contribution in [0, 0.1) is 0 Å². The number of hydrogen-bond donors (Lipinski definition) is 1. The van der Waals surface area contributed by atoms with Crippen molar-refractivity contribution in [1.82, 2.24) is 10.2 Å². The van der Waals surface area contributed by atoms with Crippen LogP contribution in [-0.4, -0.2) is 53.6 Å². The molecule has 3 aliphatic heterocycles. The minimum Gasteiger partial charge on any atom is -0.365 e. The molecule has 2 fully saturated rings. The molecule has 0 aromatic heterocycles. The summed E-state index contributed by atoms with van der Waals surface area (Å²) in [5, 5.41) is 2.12. The maximum atomic E-state index is 13.6. The van der Waals surface area contributed by atoms with Crippen LogP contribution < -0.4 is 10.2 Å². The third kappa shape index (κ3) is 2.46. The first-order chi connectivity index (χ1) is 12.3. The smallest absolute Gasteiger partial charge is 0.266 e. The molecule has 1 aromatic carbocycles. The Morgan fingerprint density at radius 1 is 1.12 bits per heavy atom. The van der Waals surface area contributed by atoms with Crippen molar-refractivity contribution in [2.75, 3.05) is 18.0 Å². The van der Waals surface area contributed by atoms with Crippen LogP contribution in [0.3, 0.4) is 0 Å². The van der Waals surface area contributed by atoms with Gasteiger partial charge in [0.05, 0.1) is 23.4 Å². The molecular formula is C17H15F2N3O4. The summed E-state index contributed by atoms with van der Waals surface area (Å²) in [7, 11) is 0. The van der Waals surface area contributed by atoms with Gasteiger partial charge in [0, 0.05) is 19.4 Å². The van der Waals surface area contributed by atoms with Crippen molar-refractivity contribution >= 4 is 29.3 Å². The highest BCUT2D eigenvalue weighted by atomic mass is 19.3. The molecule has 3 aliphatic rings. The Bertz CT molecular complexity index is 854. The molecule has 0 spiro atoms. The second kappa shape index (κ2) is 5.58. The SMILES string of the molecule is O=C1CCC(N2C(=O)c3cccc(N4CCC(F)(F)C4)c3C2=O)C(=O)N1. The molecule has 2 saturated heterocycles. The Morgan fingerprint density at radius 3 is 2.54 bits per heavy atom. The van der Waals surface area contributed by atoms with E-state index in [1.807, 2.05) is 0 Å². The molecule has 4 amide bonds. The molecule has 0 aliphatic carbocycles. The molecule has 1 aromatic rings. The summed E-state index contributed by atoms with van der Waals surface area (Å²) in [6, 6.07) is 3.43. The molecule has 1 unspecified atom stereocenters. The summed E-state index contributed by atoms with van der Waals surface area (Å²) in [6.45, 7) is -0.452. The first-order valence-electron chi connectivity index (χ1n) is 8.26. The Morgan fingerprint density at radius 2 is 1.88 bits per heavy atom. The molecule has 0 radical (unpaired) electrons. The van der Waals surface area contributed by atoms with E-state index in [9.17, 15) is 28.0 Å². The quantitative estimate of drug-likeness (QED) is 0.790. The highest BCUT2D eigenvalue weighted by Gasteiger charge is 2.47. The molecule has 1 N–H and O–H groups in total. The van der Waals surface area contributed by atoms with Gasteiger partial charge in [0.1, 0.15) is 6.04 Å². The highest BCUT2D eigenvalue weighted by Crippen LogP contribution is 2.38. The molecular weight excluding hydrogens is 348 g/mol. The number of anilines is 1. The van der Waals surface area contributed by atoms with Gasteiger partial charge >= 0.3 is 0 Å². The number of nitrogens with zero attached hydrogens (tertiary/aromatic N) is 2. The van der Waals surface area contributed by atoms with Crippen LogP contribution in [-0.2, 0) is 9.59 Å². The molecule has 3 heterocycles. The topological polar surface area (TPSA) is 86.8 Å². The van der Waals surface area contributed by atoms with Crippen LogP contribution in [0.2, 0.25) is 0 Å². The van der Waals surface area contributed by atoms with E-state index in [0.29, 0.717) is 0 Å². The third-order valence-electron chi connectivity index (χ3n) is 4.96. The first kappa shape index (κ1) is 16.6. The summed E-state index contributed by atoms with van der Waals surface area (Å²) >= 11 is 0. The number of carbonyl (C=O) groups is 4. The van der Waals surface area contributed by atoms with E-state index in [1.165, 1.54) is 23.1 Å². The number of benzene rings is 1. The largest absolute Gasteiger partial charge is 0.365 e. The highest BCUT2D eigenvalue weighted by molar-refractivity contribution is 6.25. The van der Waals surface area contributed by atoms with Gasteiger partial charge in [-0.05, 0) is 18.6 Å². The van der Waals surface area contributed by atoms with E-state index in [-0.39, 0.29) is 42.6 Å². The number of alkyl halides is 2. The predicted molar refractivity (Wildman–Crippen MR) is 84.9 cm³/mol. The van der Waals surface area contributed by atoms with E-state index in [2.05, 4.69) is 5.32 Å². The molecule has 9 heteroatoms. The Hall–Kier alpha value is -2.84. The number of hydrogen-bond acceptors (Lipinski definition) is 5. The van der Waals surface area contributed by atoms with Gasteiger partial charge in [-0.1, -0.05) is 6.07 Å². The van der Waals surface area contributed by atoms with Gasteiger partial charge < -0.3 is 4.90 Å². The molecule has 4 rings (SSSR count). The van der Waals surface area contributed by atoms with Gasteiger partial charge in [-0.25, -0.2) is 8.78 Å². The fourth-order valence-electron chi connectivity index (χ4n) is 3.70. The second-order valence-electron chi connectivity index (χ2n) is 6.67. The number of nitrogens with one attached hydrogen (secondary N) is 1. The van der Waals surface area contributed by atoms with Gasteiger partial charge in [-0.15, -0.1) is 0 Å². The second-order valence-corrected chi connectivity index (χ2v) is 6.67. The van der Waals surface area contributed by atoms with Crippen molar-refractivity contribution in [2.45, 2.75) is 31.2 Å². The predicted octanol–water partition coefficient (Wildman–Crippen LogP) is 0.933. The van der Waals surface area contributed by atoms with Crippen LogP contribution in [0.1, 0.15) is 40.0 Å². The van der Waals surface area contributed by atoms with Gasteiger partial charge in [-0.2, -0.15) is 0 Å². The van der Waals surface area contributed by atoms with Crippen molar-refractivity contribution in [3.05, 3.63) is 29.3 Å². The molecule has 1 atom stereocenters. The molecule has 0 bridgehead atoms. The number of halogens is 2. The van der Waals surface area contributed by atoms with Crippen LogP contribution in [0.4, 0.5) is 14.5 Å². The van der Waals surface area contributed by atoms with Crippen molar-refractivity contribution in [3.8, 4) is 0 Å². The molecule has 26 heavy (non-hydrogen) atoms. The van der Waals surface area contributed by atoms with Crippen LogP contribution in [0.25, 0.3) is 0 Å². The minimum atomic E-state index is -2.85. The number of carbonyl (C=O) groups excluding carboxylic acids is 4. The Labute approximate surface area is 146 Å². The van der Waals surface area contributed by atoms with E-state index in [1.54, 1.807) is 0 Å². The zero-order chi connectivity index (χ0) is 18.6. The molecule has 136 valence electrons. The minimum absolute atomic E-state index is 0.0228. The van der Waals surface area contributed by atoms with Crippen molar-refractivity contribution < 1.29 is 28.0 Å². The van der Waals surface area contributed by atoms with Gasteiger partial charge in [0.25, 0.3) is 17.7 Å². The maximum absolute atomic E-state index is 13.6. The Kier molecular flexibility index (Phi) is 3.57. The molecule has 7 nitrogen and oxygen atoms in total. The summed E-state index contributed by atoms with van der Waals surface area (Å²) in [4.78, 5) is 51.2. The van der Waals surface area contributed by atoms with Gasteiger partial charge in [0.2, 0.25) is 11.8 Å². The summed E-state index contributed by atoms with van der Waals surface area (Å²) < 4.78 is 27.1. The third-order valence-corrected chi connectivity index (χ3v) is 4.96.